The molecule has 15 heteroatoms. The Morgan fingerprint density at radius 2 is 1.23 bits per heavy atom. The van der Waals surface area contributed by atoms with Crippen molar-refractivity contribution in [3.8, 4) is 5.75 Å². The molecule has 14 nitrogen and oxygen atoms in total. The van der Waals surface area contributed by atoms with Gasteiger partial charge in [-0.2, -0.15) is 0 Å². The maximum atomic E-state index is 11.3. The number of ketones is 1. The molecule has 6 heterocycles. The molecular formula is C51H73N11O3S. The van der Waals surface area contributed by atoms with Crippen LogP contribution in [0, 0.1) is 4.64 Å². The fourth-order valence-corrected chi connectivity index (χ4v) is 5.46. The molecule has 0 spiro atoms. The van der Waals surface area contributed by atoms with Crippen LogP contribution in [-0.4, -0.2) is 69.4 Å². The number of nitrogens with zero attached hydrogens (tertiary/aromatic N) is 7. The molecule has 0 saturated carbocycles. The first-order valence-corrected chi connectivity index (χ1v) is 22.6. The van der Waals surface area contributed by atoms with E-state index in [2.05, 4.69) is 101 Å². The average molecular weight is 920 g/mol. The van der Waals surface area contributed by atoms with E-state index in [4.69, 9.17) is 18.0 Å². The molecule has 0 atom stereocenters. The highest BCUT2D eigenvalue weighted by atomic mass is 32.1. The third kappa shape index (κ3) is 26.2. The van der Waals surface area contributed by atoms with Gasteiger partial charge in [-0.1, -0.05) is 64.2 Å². The number of rotatable bonds is 11. The number of carbonyl (C=O) groups is 2. The number of amides is 1. The number of nitrogens with two attached hydrogens (primary N) is 1. The number of Topliss-reactive ketones (excluding diaryl/α,β-unsaturated/α-hetero) is 1. The number of anilines is 3. The number of carbonyl (C=O) groups excluding carboxylic acids is 2. The van der Waals surface area contributed by atoms with E-state index in [0.717, 1.165) is 28.7 Å². The van der Waals surface area contributed by atoms with Crippen molar-refractivity contribution in [1.29, 1.82) is 0 Å². The molecule has 0 radical (unpaired) electrons. The summed E-state index contributed by atoms with van der Waals surface area (Å²) in [5.74, 6) is 3.53. The van der Waals surface area contributed by atoms with Crippen LogP contribution in [0.5, 0.6) is 5.75 Å². The predicted molar refractivity (Wildman–Crippen MR) is 273 cm³/mol. The van der Waals surface area contributed by atoms with Crippen molar-refractivity contribution in [1.82, 2.24) is 39.8 Å². The Labute approximate surface area is 398 Å². The van der Waals surface area contributed by atoms with Crippen LogP contribution in [-0.2, 0) is 11.2 Å². The molecule has 0 saturated heterocycles. The second-order valence-electron chi connectivity index (χ2n) is 16.7. The summed E-state index contributed by atoms with van der Waals surface area (Å²) >= 11 is 4.98. The van der Waals surface area contributed by atoms with E-state index in [9.17, 15) is 14.7 Å². The zero-order chi connectivity index (χ0) is 49.6. The molecule has 0 aliphatic rings. The van der Waals surface area contributed by atoms with Gasteiger partial charge in [-0.25, -0.2) is 19.9 Å². The molecule has 6 aromatic rings. The zero-order valence-electron chi connectivity index (χ0n) is 41.1. The number of nitrogens with one attached hydrogen (secondary N) is 3. The summed E-state index contributed by atoms with van der Waals surface area (Å²) in [6, 6.07) is 29.2. The Hall–Kier alpha value is -6.61. The summed E-state index contributed by atoms with van der Waals surface area (Å²) < 4.78 is 2.35. The average Bonchev–Trinajstić information content (AvgIpc) is 3.26. The topological polar surface area (TPSA) is 199 Å². The SMILES string of the molecule is CC(=O)Cc1cccc(C(C)C)n1.CC(C)NC(=O)c1ccccn1.CC(C)Nc1ccccn1.CC(C)Nc1ccncn1.CC(C)c1cccc(N)n1.CC(C)n1cccc(O)c1=S. The van der Waals surface area contributed by atoms with Crippen molar-refractivity contribution >= 4 is 41.4 Å². The van der Waals surface area contributed by atoms with Crippen LogP contribution in [0.3, 0.4) is 0 Å². The van der Waals surface area contributed by atoms with E-state index >= 15 is 0 Å². The molecule has 356 valence electrons. The third-order valence-electron chi connectivity index (χ3n) is 8.18. The van der Waals surface area contributed by atoms with Gasteiger partial charge in [-0.05, 0) is 141 Å². The van der Waals surface area contributed by atoms with Gasteiger partial charge in [0.15, 0.2) is 0 Å². The summed E-state index contributed by atoms with van der Waals surface area (Å²) in [6.45, 7) is 26.2. The monoisotopic (exact) mass is 920 g/mol. The smallest absolute Gasteiger partial charge is 0.270 e. The molecule has 0 aliphatic heterocycles. The lowest BCUT2D eigenvalue weighted by Gasteiger charge is -2.10. The molecule has 6 aromatic heterocycles. The molecule has 0 unspecified atom stereocenters. The second-order valence-corrected chi connectivity index (χ2v) is 17.1. The maximum absolute atomic E-state index is 11.3. The third-order valence-corrected chi connectivity index (χ3v) is 8.60. The largest absolute Gasteiger partial charge is 0.505 e. The van der Waals surface area contributed by atoms with Gasteiger partial charge >= 0.3 is 0 Å². The highest BCUT2D eigenvalue weighted by Gasteiger charge is 2.06. The van der Waals surface area contributed by atoms with Crippen molar-refractivity contribution in [2.24, 2.45) is 0 Å². The Morgan fingerprint density at radius 3 is 1.67 bits per heavy atom. The predicted octanol–water partition coefficient (Wildman–Crippen LogP) is 11.0. The molecule has 66 heavy (non-hydrogen) atoms. The standard InChI is InChI=1S/C11H15NO.C9H12N2O.2C8H12N2.C8H11NOS.C7H11N3/c1-8(2)11-6-4-5-10(12-11)7-9(3)13;1-7(2)11-9(12)8-5-3-4-6-10-8;1-7(2)10-8-5-3-4-6-9-8;1-6(2)7-4-3-5-8(9)10-7;1-6(2)9-5-3-4-7(10)8(9)11;1-6(2)10-7-3-4-8-5-9-7/h4-6,8H,7H2,1-3H3;3-7H,1-2H3,(H,11,12);3-7H,1-2H3,(H,9,10);3-6H,1-2H3,(H2,9,10);3-6,10H,1-2H3;3-6H,1-2H3,(H,8,9,10). The Kier molecular flexibility index (Phi) is 27.9. The van der Waals surface area contributed by atoms with Crippen LogP contribution in [0.15, 0.2) is 122 Å². The van der Waals surface area contributed by atoms with Gasteiger partial charge in [0.1, 0.15) is 45.6 Å². The van der Waals surface area contributed by atoms with E-state index in [1.165, 1.54) is 6.33 Å². The normalized spacial score (nSPS) is 10.2. The first-order chi connectivity index (χ1) is 31.2. The minimum absolute atomic E-state index is 0.120. The van der Waals surface area contributed by atoms with E-state index in [0.29, 0.717) is 52.5 Å². The number of hydrogen-bond acceptors (Lipinski definition) is 13. The molecule has 0 aliphatic carbocycles. The van der Waals surface area contributed by atoms with Crippen molar-refractivity contribution < 1.29 is 14.7 Å². The van der Waals surface area contributed by atoms with Crippen LogP contribution in [0.2, 0.25) is 0 Å². The van der Waals surface area contributed by atoms with E-state index in [-0.39, 0.29) is 23.5 Å². The van der Waals surface area contributed by atoms with Gasteiger partial charge in [0.2, 0.25) is 0 Å². The van der Waals surface area contributed by atoms with Crippen LogP contribution in [0.4, 0.5) is 17.5 Å². The first kappa shape index (κ1) is 57.4. The lowest BCUT2D eigenvalue weighted by Crippen LogP contribution is -2.30. The molecular weight excluding hydrogens is 847 g/mol. The van der Waals surface area contributed by atoms with Crippen molar-refractivity contribution in [2.75, 3.05) is 16.4 Å². The van der Waals surface area contributed by atoms with Gasteiger partial charge in [0.05, 0.1) is 0 Å². The quantitative estimate of drug-likeness (QED) is 0.0770. The summed E-state index contributed by atoms with van der Waals surface area (Å²) in [5.41, 5.74) is 8.93. The number of pyridine rings is 5. The van der Waals surface area contributed by atoms with Gasteiger partial charge in [-0.3, -0.25) is 19.6 Å². The molecule has 1 amide bonds. The summed E-state index contributed by atoms with van der Waals surface area (Å²) in [7, 11) is 0. The van der Waals surface area contributed by atoms with Crippen LogP contribution < -0.4 is 21.7 Å². The Bertz CT molecular complexity index is 2240. The number of aromatic hydroxyl groups is 1. The fraction of sp³-hybridized carbons (Fsp3) is 0.392. The number of aromatic nitrogens is 7. The zero-order valence-corrected chi connectivity index (χ0v) is 41.9. The van der Waals surface area contributed by atoms with Crippen LogP contribution in [0.25, 0.3) is 0 Å². The van der Waals surface area contributed by atoms with Crippen LogP contribution in [0.1, 0.15) is 135 Å². The van der Waals surface area contributed by atoms with Crippen molar-refractivity contribution in [3.63, 3.8) is 0 Å². The minimum Gasteiger partial charge on any atom is -0.505 e. The first-order valence-electron chi connectivity index (χ1n) is 22.2. The second kappa shape index (κ2) is 32.1. The fourth-order valence-electron chi connectivity index (χ4n) is 5.12. The Balaban J connectivity index is 0.000000397. The molecule has 6 rings (SSSR count). The molecule has 0 fully saturated rings. The number of nitrogen functional groups attached to an aromatic ring is 1. The maximum Gasteiger partial charge on any atom is 0.270 e. The van der Waals surface area contributed by atoms with Crippen LogP contribution >= 0.6 is 12.2 Å². The minimum atomic E-state index is -0.120. The van der Waals surface area contributed by atoms with Crippen molar-refractivity contribution in [2.45, 2.75) is 132 Å². The lowest BCUT2D eigenvalue weighted by molar-refractivity contribution is -0.116. The van der Waals surface area contributed by atoms with Crippen molar-refractivity contribution in [3.05, 3.63) is 150 Å². The molecule has 0 bridgehead atoms. The lowest BCUT2D eigenvalue weighted by atomic mass is 10.1. The van der Waals surface area contributed by atoms with E-state index < -0.39 is 0 Å². The van der Waals surface area contributed by atoms with Gasteiger partial charge in [0, 0.05) is 72.5 Å². The molecule has 6 N–H and O–H groups in total. The van der Waals surface area contributed by atoms with Gasteiger partial charge in [0.25, 0.3) is 5.91 Å². The van der Waals surface area contributed by atoms with E-state index in [1.54, 1.807) is 61.9 Å². The summed E-state index contributed by atoms with van der Waals surface area (Å²) in [4.78, 5) is 46.5. The highest BCUT2D eigenvalue weighted by Crippen LogP contribution is 2.15. The van der Waals surface area contributed by atoms with Gasteiger partial charge in [-0.15, -0.1) is 0 Å². The highest BCUT2D eigenvalue weighted by molar-refractivity contribution is 7.71. The summed E-state index contributed by atoms with van der Waals surface area (Å²) in [6.07, 6.45) is 8.95. The van der Waals surface area contributed by atoms with Gasteiger partial charge < -0.3 is 31.4 Å². The van der Waals surface area contributed by atoms with E-state index in [1.807, 2.05) is 93.1 Å². The summed E-state index contributed by atoms with van der Waals surface area (Å²) in [5, 5.41) is 18.3. The number of hydrogen-bond donors (Lipinski definition) is 5. The molecule has 0 aromatic carbocycles. The Morgan fingerprint density at radius 1 is 0.652 bits per heavy atom.